The van der Waals surface area contributed by atoms with Gasteiger partial charge in [0, 0.05) is 26.7 Å². The molecule has 0 N–H and O–H groups in total. The lowest BCUT2D eigenvalue weighted by Gasteiger charge is -2.40. The molecule has 7 heteroatoms. The summed E-state index contributed by atoms with van der Waals surface area (Å²) in [7, 11) is -2.60. The van der Waals surface area contributed by atoms with Gasteiger partial charge in [0.2, 0.25) is 0 Å². The first-order valence-electron chi connectivity index (χ1n) is 10.0. The molecule has 0 aromatic heterocycles. The predicted molar refractivity (Wildman–Crippen MR) is 96.8 cm³/mol. The van der Waals surface area contributed by atoms with E-state index in [0.29, 0.717) is 0 Å². The molecule has 2 rings (SSSR count). The van der Waals surface area contributed by atoms with Crippen molar-refractivity contribution in [1.29, 1.82) is 0 Å². The van der Waals surface area contributed by atoms with Crippen LogP contribution in [-0.4, -0.2) is 66.9 Å². The van der Waals surface area contributed by atoms with Gasteiger partial charge in [0.25, 0.3) is 0 Å². The van der Waals surface area contributed by atoms with Gasteiger partial charge in [-0.1, -0.05) is 30.3 Å². The molecule has 1 aliphatic rings. The van der Waals surface area contributed by atoms with Gasteiger partial charge in [-0.15, -0.1) is 0 Å². The number of carbonyl (C=O) groups is 2. The van der Waals surface area contributed by atoms with Crippen LogP contribution in [0.4, 0.5) is 9.59 Å². The molecule has 1 fully saturated rings. The van der Waals surface area contributed by atoms with E-state index in [-0.39, 0.29) is 32.8 Å². The third-order valence-corrected chi connectivity index (χ3v) is 3.85. The van der Waals surface area contributed by atoms with Crippen molar-refractivity contribution >= 4 is 12.2 Å². The molecular weight excluding hydrogens is 336 g/mol. The zero-order valence-electron chi connectivity index (χ0n) is 18.4. The summed E-state index contributed by atoms with van der Waals surface area (Å²) >= 11 is 0. The van der Waals surface area contributed by atoms with E-state index >= 15 is 0 Å². The molecule has 2 amide bonds. The third kappa shape index (κ3) is 5.91. The van der Waals surface area contributed by atoms with Crippen molar-refractivity contribution in [2.45, 2.75) is 39.0 Å². The van der Waals surface area contributed by atoms with E-state index in [2.05, 4.69) is 0 Å². The van der Waals surface area contributed by atoms with E-state index in [0.717, 1.165) is 5.56 Å². The molecule has 1 aromatic carbocycles. The monoisotopic (exact) mass is 367 g/mol. The Labute approximate surface area is 159 Å². The lowest BCUT2D eigenvalue weighted by Crippen LogP contribution is -2.58. The maximum atomic E-state index is 12.5. The number of ether oxygens (including phenoxy) is 3. The fourth-order valence-electron chi connectivity index (χ4n) is 2.63. The van der Waals surface area contributed by atoms with Crippen LogP contribution in [0.25, 0.3) is 0 Å². The Hall–Kier alpha value is -2.28. The van der Waals surface area contributed by atoms with Crippen molar-refractivity contribution in [2.75, 3.05) is 33.3 Å². The van der Waals surface area contributed by atoms with Crippen LogP contribution in [-0.2, 0) is 20.8 Å². The molecule has 0 spiro atoms. The summed E-state index contributed by atoms with van der Waals surface area (Å²) in [4.78, 5) is 27.8. The summed E-state index contributed by atoms with van der Waals surface area (Å²) in [6.45, 7) is 5.63. The second kappa shape index (κ2) is 8.89. The lowest BCUT2D eigenvalue weighted by atomic mass is 10.2. The van der Waals surface area contributed by atoms with Gasteiger partial charge in [-0.3, -0.25) is 4.90 Å². The Morgan fingerprint density at radius 1 is 1.19 bits per heavy atom. The number of hydrogen-bond acceptors (Lipinski definition) is 5. The molecule has 0 saturated carbocycles. The van der Waals surface area contributed by atoms with Gasteiger partial charge in [-0.2, -0.15) is 0 Å². The average Bonchev–Trinajstić information content (AvgIpc) is 2.63. The molecule has 1 heterocycles. The minimum atomic E-state index is -2.60. The number of carbonyl (C=O) groups excluding carboxylic acids is 2. The van der Waals surface area contributed by atoms with Crippen LogP contribution >= 0.6 is 0 Å². The molecule has 1 saturated heterocycles. The molecule has 1 aliphatic heterocycles. The Morgan fingerprint density at radius 3 is 2.58 bits per heavy atom. The summed E-state index contributed by atoms with van der Waals surface area (Å²) in [6.07, 6.45) is -1.11. The first kappa shape index (κ1) is 15.9. The molecule has 0 aliphatic carbocycles. The van der Waals surface area contributed by atoms with Crippen molar-refractivity contribution in [3.05, 3.63) is 35.9 Å². The second-order valence-electron chi connectivity index (χ2n) is 7.12. The summed E-state index contributed by atoms with van der Waals surface area (Å²) in [5.74, 6) is 0. The van der Waals surface area contributed by atoms with Gasteiger partial charge in [0.05, 0.1) is 16.8 Å². The summed E-state index contributed by atoms with van der Waals surface area (Å²) in [5, 5.41) is 0. The Kier molecular flexibility index (Phi) is 5.45. The summed E-state index contributed by atoms with van der Waals surface area (Å²) in [5.41, 5.74) is 0.161. The van der Waals surface area contributed by atoms with E-state index in [1.807, 2.05) is 30.3 Å². The van der Waals surface area contributed by atoms with E-state index < -0.39 is 30.9 Å². The van der Waals surface area contributed by atoms with Crippen LogP contribution in [0.5, 0.6) is 0 Å². The second-order valence-corrected chi connectivity index (χ2v) is 7.12. The molecular formula is C19H28N2O5. The first-order chi connectivity index (χ1) is 13.4. The molecule has 26 heavy (non-hydrogen) atoms. The Morgan fingerprint density at radius 2 is 1.92 bits per heavy atom. The highest BCUT2D eigenvalue weighted by Gasteiger charge is 2.35. The highest BCUT2D eigenvalue weighted by Crippen LogP contribution is 2.17. The number of nitrogens with zero attached hydrogens (tertiary/aromatic N) is 2. The van der Waals surface area contributed by atoms with Gasteiger partial charge >= 0.3 is 12.2 Å². The van der Waals surface area contributed by atoms with Gasteiger partial charge in [-0.05, 0) is 26.3 Å². The lowest BCUT2D eigenvalue weighted by molar-refractivity contribution is -0.0170. The van der Waals surface area contributed by atoms with Crippen LogP contribution < -0.4 is 0 Å². The highest BCUT2D eigenvalue weighted by atomic mass is 16.6. The average molecular weight is 367 g/mol. The fraction of sp³-hybridized carbons (Fsp3) is 0.579. The molecule has 1 aromatic rings. The minimum absolute atomic E-state index is 0.0863. The van der Waals surface area contributed by atoms with Crippen LogP contribution in [0.3, 0.4) is 0 Å². The maximum Gasteiger partial charge on any atom is 0.410 e. The number of rotatable bonds is 4. The van der Waals surface area contributed by atoms with Crippen molar-refractivity contribution in [3.63, 3.8) is 0 Å². The molecule has 7 nitrogen and oxygen atoms in total. The minimum Gasteiger partial charge on any atom is -0.445 e. The zero-order valence-corrected chi connectivity index (χ0v) is 15.4. The molecule has 1 atom stereocenters. The van der Waals surface area contributed by atoms with Gasteiger partial charge < -0.3 is 19.1 Å². The summed E-state index contributed by atoms with van der Waals surface area (Å²) < 4.78 is 37.3. The molecule has 0 bridgehead atoms. The van der Waals surface area contributed by atoms with Gasteiger partial charge in [-0.25, -0.2) is 9.59 Å². The van der Waals surface area contributed by atoms with Crippen LogP contribution in [0.2, 0.25) is 0 Å². The molecule has 0 radical (unpaired) electrons. The first-order valence-corrected chi connectivity index (χ1v) is 8.54. The maximum absolute atomic E-state index is 12.5. The number of piperazine rings is 1. The molecule has 144 valence electrons. The zero-order chi connectivity index (χ0) is 21.7. The van der Waals surface area contributed by atoms with Gasteiger partial charge in [0.1, 0.15) is 12.2 Å². The summed E-state index contributed by atoms with van der Waals surface area (Å²) in [6, 6.07) is 8.61. The van der Waals surface area contributed by atoms with Crippen molar-refractivity contribution in [1.82, 2.24) is 9.80 Å². The standard InChI is InChI=1S/C19H28N2O5/c1-19(2,3)26-18(23)21-11-10-20(12-16(21)14-24-4)17(22)25-13-15-8-6-5-7-9-15/h5-9,16H,10-14H2,1-4H3/i4D3. The van der Waals surface area contributed by atoms with E-state index in [4.69, 9.17) is 18.3 Å². The van der Waals surface area contributed by atoms with Crippen molar-refractivity contribution in [3.8, 4) is 0 Å². The smallest absolute Gasteiger partial charge is 0.410 e. The van der Waals surface area contributed by atoms with Gasteiger partial charge in [0.15, 0.2) is 0 Å². The number of hydrogen-bond donors (Lipinski definition) is 0. The van der Waals surface area contributed by atoms with E-state index in [9.17, 15) is 9.59 Å². The Balaban J connectivity index is 2.01. The largest absolute Gasteiger partial charge is 0.445 e. The normalized spacial score (nSPS) is 20.0. The van der Waals surface area contributed by atoms with Crippen molar-refractivity contribution < 1.29 is 27.9 Å². The Bertz CT molecular complexity index is 691. The number of methoxy groups -OCH3 is 1. The third-order valence-electron chi connectivity index (χ3n) is 3.85. The van der Waals surface area contributed by atoms with Crippen molar-refractivity contribution in [2.24, 2.45) is 0 Å². The quantitative estimate of drug-likeness (QED) is 0.818. The predicted octanol–water partition coefficient (Wildman–Crippen LogP) is 2.89. The van der Waals surface area contributed by atoms with Crippen LogP contribution in [0, 0.1) is 0 Å². The SMILES string of the molecule is [2H]C([2H])([2H])OCC1CN(C(=O)OCc2ccccc2)CCN1C(=O)OC(C)(C)C. The van der Waals surface area contributed by atoms with E-state index in [1.54, 1.807) is 20.8 Å². The van der Waals surface area contributed by atoms with Crippen LogP contribution in [0.1, 0.15) is 30.4 Å². The number of benzene rings is 1. The van der Waals surface area contributed by atoms with Crippen LogP contribution in [0.15, 0.2) is 30.3 Å². The topological polar surface area (TPSA) is 68.3 Å². The van der Waals surface area contributed by atoms with E-state index in [1.165, 1.54) is 9.80 Å². The fourth-order valence-corrected chi connectivity index (χ4v) is 2.63. The molecule has 1 unspecified atom stereocenters. The highest BCUT2D eigenvalue weighted by molar-refractivity contribution is 5.71. The number of amides is 2.